The van der Waals surface area contributed by atoms with E-state index in [2.05, 4.69) is 5.16 Å². The smallest absolute Gasteiger partial charge is 0.257 e. The number of rotatable bonds is 7. The number of nitrogens with zero attached hydrogens (tertiary/aromatic N) is 3. The monoisotopic (exact) mass is 355 g/mol. The summed E-state index contributed by atoms with van der Waals surface area (Å²) < 4.78 is 9.47. The van der Waals surface area contributed by atoms with Gasteiger partial charge in [-0.05, 0) is 12.8 Å². The van der Waals surface area contributed by atoms with Gasteiger partial charge in [0.1, 0.15) is 0 Å². The first kappa shape index (κ1) is 18.2. The van der Waals surface area contributed by atoms with Gasteiger partial charge >= 0.3 is 0 Å². The van der Waals surface area contributed by atoms with Crippen LogP contribution < -0.4 is 9.13 Å². The van der Waals surface area contributed by atoms with Crippen LogP contribution in [0.2, 0.25) is 0 Å². The molecule has 2 aromatic rings. The van der Waals surface area contributed by atoms with Crippen LogP contribution in [0.15, 0.2) is 54.2 Å². The summed E-state index contributed by atoms with van der Waals surface area (Å²) in [5.41, 5.74) is 1.61. The van der Waals surface area contributed by atoms with Crippen LogP contribution in [-0.2, 0) is 18.2 Å². The molecule has 6 heteroatoms. The van der Waals surface area contributed by atoms with Crippen molar-refractivity contribution < 1.29 is 23.9 Å². The fourth-order valence-electron chi connectivity index (χ4n) is 3.27. The summed E-state index contributed by atoms with van der Waals surface area (Å²) in [5, 5.41) is 11.5. The topological polar surface area (TPSA) is 66.7 Å². The molecular formula is C20H25N3O3+2. The van der Waals surface area contributed by atoms with Gasteiger partial charge in [-0.3, -0.25) is 9.53 Å². The Morgan fingerprint density at radius 3 is 2.19 bits per heavy atom. The van der Waals surface area contributed by atoms with Crippen LogP contribution in [0.5, 0.6) is 0 Å². The van der Waals surface area contributed by atoms with E-state index in [1.54, 1.807) is 0 Å². The first-order valence-electron chi connectivity index (χ1n) is 9.04. The standard InChI is InChI=1S/C20H24N3O3/c24-20(18-4-2-1-3-5-18)19-8-12-23(13-9-19)16-26-15-22-10-6-17(7-11-22)14-21-25/h6-14,18H,1-5,15-16H2/q+1/p+1. The quantitative estimate of drug-likeness (QED) is 0.273. The van der Waals surface area contributed by atoms with Crippen molar-refractivity contribution >= 4 is 12.0 Å². The Morgan fingerprint density at radius 1 is 1.04 bits per heavy atom. The van der Waals surface area contributed by atoms with Gasteiger partial charge in [-0.2, -0.15) is 9.13 Å². The largest absolute Gasteiger partial charge is 0.411 e. The SMILES string of the molecule is O=C(c1cc[n+](COC[n+]2ccc(/C=N\O)cc2)cc1)C1CCCCC1. The molecule has 2 heterocycles. The van der Waals surface area contributed by atoms with Crippen molar-refractivity contribution in [2.75, 3.05) is 0 Å². The molecule has 0 atom stereocenters. The van der Waals surface area contributed by atoms with Crippen LogP contribution in [0, 0.1) is 5.92 Å². The number of carbonyl (C=O) groups excluding carboxylic acids is 1. The zero-order chi connectivity index (χ0) is 18.2. The molecule has 0 bridgehead atoms. The third kappa shape index (κ3) is 4.95. The number of Topliss-reactive ketones (excluding diaryl/α,β-unsaturated/α-hetero) is 1. The maximum absolute atomic E-state index is 12.5. The Morgan fingerprint density at radius 2 is 1.62 bits per heavy atom. The van der Waals surface area contributed by atoms with E-state index < -0.39 is 0 Å². The number of oxime groups is 1. The second kappa shape index (κ2) is 9.20. The Labute approximate surface area is 153 Å². The molecule has 2 aromatic heterocycles. The fourth-order valence-corrected chi connectivity index (χ4v) is 3.27. The number of aromatic nitrogens is 2. The zero-order valence-corrected chi connectivity index (χ0v) is 14.8. The van der Waals surface area contributed by atoms with Crippen molar-refractivity contribution in [3.63, 3.8) is 0 Å². The van der Waals surface area contributed by atoms with E-state index in [9.17, 15) is 4.79 Å². The van der Waals surface area contributed by atoms with Crippen molar-refractivity contribution in [3.8, 4) is 0 Å². The number of hydrogen-bond donors (Lipinski definition) is 1. The van der Waals surface area contributed by atoms with E-state index in [1.807, 2.05) is 58.2 Å². The molecule has 1 N–H and O–H groups in total. The summed E-state index contributed by atoms with van der Waals surface area (Å²) in [6, 6.07) is 7.44. The molecule has 0 saturated heterocycles. The average Bonchev–Trinajstić information content (AvgIpc) is 2.70. The van der Waals surface area contributed by atoms with Gasteiger partial charge in [0.15, 0.2) is 30.6 Å². The highest BCUT2D eigenvalue weighted by Crippen LogP contribution is 2.26. The third-order valence-corrected chi connectivity index (χ3v) is 4.76. The lowest BCUT2D eigenvalue weighted by atomic mass is 9.84. The molecule has 0 spiro atoms. The lowest BCUT2D eigenvalue weighted by Crippen LogP contribution is -2.40. The Balaban J connectivity index is 1.48. The third-order valence-electron chi connectivity index (χ3n) is 4.76. The van der Waals surface area contributed by atoms with Crippen LogP contribution in [0.25, 0.3) is 0 Å². The molecule has 26 heavy (non-hydrogen) atoms. The second-order valence-electron chi connectivity index (χ2n) is 6.65. The number of ketones is 1. The van der Waals surface area contributed by atoms with Crippen molar-refractivity contribution in [2.45, 2.75) is 45.6 Å². The van der Waals surface area contributed by atoms with Gasteiger partial charge in [0.25, 0.3) is 13.5 Å². The molecular weight excluding hydrogens is 330 g/mol. The Hall–Kier alpha value is -2.60. The molecule has 0 aromatic carbocycles. The van der Waals surface area contributed by atoms with Crippen molar-refractivity contribution in [3.05, 3.63) is 60.2 Å². The summed E-state index contributed by atoms with van der Waals surface area (Å²) in [5.74, 6) is 0.478. The van der Waals surface area contributed by atoms with E-state index >= 15 is 0 Å². The molecule has 1 fully saturated rings. The van der Waals surface area contributed by atoms with E-state index in [-0.39, 0.29) is 11.7 Å². The highest BCUT2D eigenvalue weighted by molar-refractivity contribution is 5.97. The molecule has 6 nitrogen and oxygen atoms in total. The van der Waals surface area contributed by atoms with E-state index in [4.69, 9.17) is 9.94 Å². The predicted octanol–water partition coefficient (Wildman–Crippen LogP) is 2.46. The van der Waals surface area contributed by atoms with E-state index in [0.717, 1.165) is 24.0 Å². The highest BCUT2D eigenvalue weighted by atomic mass is 16.5. The lowest BCUT2D eigenvalue weighted by Gasteiger charge is -2.19. The van der Waals surface area contributed by atoms with Crippen molar-refractivity contribution in [2.24, 2.45) is 11.1 Å². The minimum Gasteiger partial charge on any atom is -0.411 e. The summed E-state index contributed by atoms with van der Waals surface area (Å²) in [7, 11) is 0. The van der Waals surface area contributed by atoms with Crippen LogP contribution in [0.1, 0.15) is 48.0 Å². The predicted molar refractivity (Wildman–Crippen MR) is 94.6 cm³/mol. The zero-order valence-electron chi connectivity index (χ0n) is 14.8. The summed E-state index contributed by atoms with van der Waals surface area (Å²) >= 11 is 0. The highest BCUT2D eigenvalue weighted by Gasteiger charge is 2.22. The molecule has 1 aliphatic rings. The number of ether oxygens (including phenoxy) is 1. The minimum absolute atomic E-state index is 0.200. The number of pyridine rings is 2. The van der Waals surface area contributed by atoms with Crippen molar-refractivity contribution in [1.82, 2.24) is 0 Å². The van der Waals surface area contributed by atoms with Crippen molar-refractivity contribution in [1.29, 1.82) is 0 Å². The maximum Gasteiger partial charge on any atom is 0.257 e. The van der Waals surface area contributed by atoms with Gasteiger partial charge in [0.05, 0.1) is 6.21 Å². The lowest BCUT2D eigenvalue weighted by molar-refractivity contribution is -0.788. The van der Waals surface area contributed by atoms with Gasteiger partial charge in [-0.15, -0.1) is 0 Å². The molecule has 3 rings (SSSR count). The van der Waals surface area contributed by atoms with Gasteiger partial charge in [-0.25, -0.2) is 0 Å². The molecule has 1 aliphatic carbocycles. The van der Waals surface area contributed by atoms with Gasteiger partial charge < -0.3 is 5.21 Å². The van der Waals surface area contributed by atoms with Gasteiger partial charge in [-0.1, -0.05) is 24.4 Å². The first-order valence-corrected chi connectivity index (χ1v) is 9.04. The second-order valence-corrected chi connectivity index (χ2v) is 6.65. The molecule has 0 amide bonds. The molecule has 136 valence electrons. The summed E-state index contributed by atoms with van der Waals surface area (Å²) in [6.45, 7) is 0.817. The normalized spacial score (nSPS) is 15.4. The van der Waals surface area contributed by atoms with E-state index in [0.29, 0.717) is 13.5 Å². The van der Waals surface area contributed by atoms with Crippen LogP contribution in [-0.4, -0.2) is 17.2 Å². The van der Waals surface area contributed by atoms with Crippen LogP contribution >= 0.6 is 0 Å². The minimum atomic E-state index is 0.200. The number of carbonyl (C=O) groups is 1. The summed E-state index contributed by atoms with van der Waals surface area (Å²) in [6.07, 6.45) is 14.5. The Bertz CT molecular complexity index is 736. The fraction of sp³-hybridized carbons (Fsp3) is 0.400. The van der Waals surface area contributed by atoms with Crippen LogP contribution in [0.3, 0.4) is 0 Å². The van der Waals surface area contributed by atoms with Gasteiger partial charge in [0.2, 0.25) is 0 Å². The molecule has 0 unspecified atom stereocenters. The number of hydrogen-bond acceptors (Lipinski definition) is 4. The average molecular weight is 355 g/mol. The van der Waals surface area contributed by atoms with Crippen LogP contribution in [0.4, 0.5) is 0 Å². The molecule has 0 radical (unpaired) electrons. The Kier molecular flexibility index (Phi) is 6.44. The van der Waals surface area contributed by atoms with Gasteiger partial charge in [0, 0.05) is 41.3 Å². The van der Waals surface area contributed by atoms with E-state index in [1.165, 1.54) is 25.5 Å². The molecule has 1 saturated carbocycles. The molecule has 0 aliphatic heterocycles. The maximum atomic E-state index is 12.5. The summed E-state index contributed by atoms with van der Waals surface area (Å²) in [4.78, 5) is 12.5. The first-order chi connectivity index (χ1) is 12.8.